The van der Waals surface area contributed by atoms with Crippen molar-refractivity contribution in [2.24, 2.45) is 0 Å². The molecule has 0 fully saturated rings. The summed E-state index contributed by atoms with van der Waals surface area (Å²) in [6, 6.07) is 0. The summed E-state index contributed by atoms with van der Waals surface area (Å²) < 4.78 is 0. The number of aromatic amines is 1. The molecule has 1 heterocycles. The molecule has 0 aliphatic rings. The molecule has 1 aromatic rings. The molecule has 1 aromatic heterocycles. The highest BCUT2D eigenvalue weighted by atomic mass is 16.4. The van der Waals surface area contributed by atoms with E-state index in [4.69, 9.17) is 10.2 Å². The van der Waals surface area contributed by atoms with E-state index in [0.29, 0.717) is 0 Å². The second-order valence-electron chi connectivity index (χ2n) is 2.35. The zero-order chi connectivity index (χ0) is 9.84. The van der Waals surface area contributed by atoms with Crippen molar-refractivity contribution in [2.75, 3.05) is 6.61 Å². The second-order valence-corrected chi connectivity index (χ2v) is 2.35. The molecule has 0 bridgehead atoms. The van der Waals surface area contributed by atoms with Crippen LogP contribution in [0.2, 0.25) is 0 Å². The molecular formula is C7H8N2O4. The molecule has 0 atom stereocenters. The fourth-order valence-electron chi connectivity index (χ4n) is 0.817. The van der Waals surface area contributed by atoms with Crippen LogP contribution in [0.25, 0.3) is 0 Å². The number of aliphatic hydroxyl groups is 1. The van der Waals surface area contributed by atoms with Crippen LogP contribution < -0.4 is 5.56 Å². The summed E-state index contributed by atoms with van der Waals surface area (Å²) >= 11 is 0. The summed E-state index contributed by atoms with van der Waals surface area (Å²) in [6.07, 6.45) is 1.18. The summed E-state index contributed by atoms with van der Waals surface area (Å²) in [5, 5.41) is 17.0. The first-order chi connectivity index (χ1) is 6.15. The predicted octanol–water partition coefficient (Wildman–Crippen LogP) is -0.997. The number of carboxylic acid groups (broad SMARTS) is 1. The Balaban J connectivity index is 3.06. The molecule has 70 valence electrons. The Morgan fingerprint density at radius 2 is 2.31 bits per heavy atom. The van der Waals surface area contributed by atoms with Gasteiger partial charge in [-0.15, -0.1) is 0 Å². The molecule has 0 saturated heterocycles. The van der Waals surface area contributed by atoms with E-state index < -0.39 is 17.1 Å². The Bertz CT molecular complexity index is 371. The van der Waals surface area contributed by atoms with Crippen LogP contribution in [-0.4, -0.2) is 32.8 Å². The normalized spacial score (nSPS) is 9.92. The van der Waals surface area contributed by atoms with Gasteiger partial charge in [-0.1, -0.05) is 0 Å². The molecule has 13 heavy (non-hydrogen) atoms. The van der Waals surface area contributed by atoms with Crippen LogP contribution in [0.1, 0.15) is 16.2 Å². The van der Waals surface area contributed by atoms with Gasteiger partial charge in [0.05, 0.1) is 6.61 Å². The first kappa shape index (κ1) is 9.40. The fraction of sp³-hybridized carbons (Fsp3) is 0.286. The molecule has 0 saturated carbocycles. The van der Waals surface area contributed by atoms with Gasteiger partial charge >= 0.3 is 5.97 Å². The van der Waals surface area contributed by atoms with Gasteiger partial charge in [-0.2, -0.15) is 0 Å². The van der Waals surface area contributed by atoms with E-state index in [-0.39, 0.29) is 18.9 Å². The van der Waals surface area contributed by atoms with Crippen LogP contribution in [0.15, 0.2) is 11.0 Å². The van der Waals surface area contributed by atoms with Crippen LogP contribution in [0.4, 0.5) is 0 Å². The van der Waals surface area contributed by atoms with Crippen molar-refractivity contribution < 1.29 is 15.0 Å². The van der Waals surface area contributed by atoms with E-state index in [1.54, 1.807) is 0 Å². The maximum atomic E-state index is 11.0. The van der Waals surface area contributed by atoms with Gasteiger partial charge in [0.15, 0.2) is 0 Å². The van der Waals surface area contributed by atoms with Gasteiger partial charge in [-0.05, 0) is 0 Å². The number of carboxylic acids is 1. The van der Waals surface area contributed by atoms with Gasteiger partial charge in [-0.25, -0.2) is 9.78 Å². The third kappa shape index (κ3) is 2.12. The van der Waals surface area contributed by atoms with E-state index in [9.17, 15) is 9.59 Å². The minimum absolute atomic E-state index is 0.143. The van der Waals surface area contributed by atoms with Gasteiger partial charge in [0.1, 0.15) is 11.4 Å². The number of aliphatic hydroxyl groups excluding tert-OH is 1. The highest BCUT2D eigenvalue weighted by Gasteiger charge is 2.08. The fourth-order valence-corrected chi connectivity index (χ4v) is 0.817. The zero-order valence-corrected chi connectivity index (χ0v) is 6.65. The first-order valence-corrected chi connectivity index (χ1v) is 3.57. The van der Waals surface area contributed by atoms with E-state index in [1.807, 2.05) is 0 Å². The van der Waals surface area contributed by atoms with E-state index in [0.717, 1.165) is 6.20 Å². The minimum Gasteiger partial charge on any atom is -0.477 e. The van der Waals surface area contributed by atoms with Crippen LogP contribution in [0.5, 0.6) is 0 Å². The van der Waals surface area contributed by atoms with Crippen molar-refractivity contribution in [3.8, 4) is 0 Å². The third-order valence-electron chi connectivity index (χ3n) is 1.43. The quantitative estimate of drug-likeness (QED) is 0.559. The number of rotatable bonds is 3. The molecule has 0 unspecified atom stereocenters. The number of hydrogen-bond acceptors (Lipinski definition) is 4. The Hall–Kier alpha value is -1.69. The lowest BCUT2D eigenvalue weighted by atomic mass is 10.3. The van der Waals surface area contributed by atoms with Crippen molar-refractivity contribution in [1.82, 2.24) is 9.97 Å². The zero-order valence-electron chi connectivity index (χ0n) is 6.65. The summed E-state index contributed by atoms with van der Waals surface area (Å²) in [7, 11) is 0. The number of nitrogens with one attached hydrogen (secondary N) is 1. The molecule has 0 aromatic carbocycles. The van der Waals surface area contributed by atoms with Gasteiger partial charge < -0.3 is 15.2 Å². The van der Waals surface area contributed by atoms with Crippen LogP contribution >= 0.6 is 0 Å². The molecule has 0 spiro atoms. The largest absolute Gasteiger partial charge is 0.477 e. The molecule has 6 nitrogen and oxygen atoms in total. The van der Waals surface area contributed by atoms with Crippen LogP contribution in [0, 0.1) is 0 Å². The van der Waals surface area contributed by atoms with Gasteiger partial charge in [0.25, 0.3) is 5.56 Å². The molecule has 0 aliphatic heterocycles. The lowest BCUT2D eigenvalue weighted by Crippen LogP contribution is -2.20. The number of H-pyrrole nitrogens is 1. The van der Waals surface area contributed by atoms with Crippen molar-refractivity contribution in [2.45, 2.75) is 6.42 Å². The molecular weight excluding hydrogens is 176 g/mol. The van der Waals surface area contributed by atoms with Crippen molar-refractivity contribution in [3.05, 3.63) is 27.9 Å². The van der Waals surface area contributed by atoms with Crippen molar-refractivity contribution >= 4 is 5.97 Å². The lowest BCUT2D eigenvalue weighted by Gasteiger charge is -1.97. The van der Waals surface area contributed by atoms with Gasteiger partial charge in [-0.3, -0.25) is 4.79 Å². The summed E-state index contributed by atoms with van der Waals surface area (Å²) in [5.41, 5.74) is -1.10. The predicted molar refractivity (Wildman–Crippen MR) is 42.6 cm³/mol. The number of carbonyl (C=O) groups is 1. The smallest absolute Gasteiger partial charge is 0.342 e. The minimum atomic E-state index is -1.32. The number of aromatic nitrogens is 2. The number of hydrogen-bond donors (Lipinski definition) is 3. The first-order valence-electron chi connectivity index (χ1n) is 3.57. The SMILES string of the molecule is O=C(O)c1cnc(CCO)[nH]c1=O. The maximum absolute atomic E-state index is 11.0. The van der Waals surface area contributed by atoms with Crippen molar-refractivity contribution in [3.63, 3.8) is 0 Å². The average Bonchev–Trinajstić information content (AvgIpc) is 2.04. The van der Waals surface area contributed by atoms with Crippen LogP contribution in [-0.2, 0) is 6.42 Å². The highest BCUT2D eigenvalue weighted by Crippen LogP contribution is 1.90. The van der Waals surface area contributed by atoms with Gasteiger partial charge in [0, 0.05) is 12.6 Å². The standard InChI is InChI=1S/C7H8N2O4/c10-2-1-5-8-3-4(7(12)13)6(11)9-5/h3,10H,1-2H2,(H,12,13)(H,8,9,11). The van der Waals surface area contributed by atoms with E-state index in [1.165, 1.54) is 0 Å². The number of aromatic carboxylic acids is 1. The number of nitrogens with zero attached hydrogens (tertiary/aromatic N) is 1. The Morgan fingerprint density at radius 3 is 2.77 bits per heavy atom. The van der Waals surface area contributed by atoms with Gasteiger partial charge in [0.2, 0.25) is 0 Å². The molecule has 1 rings (SSSR count). The summed E-state index contributed by atoms with van der Waals surface area (Å²) in [6.45, 7) is -0.143. The molecule has 3 N–H and O–H groups in total. The van der Waals surface area contributed by atoms with E-state index >= 15 is 0 Å². The summed E-state index contributed by atoms with van der Waals surface area (Å²) in [5.74, 6) is -1.04. The molecule has 0 amide bonds. The second kappa shape index (κ2) is 3.81. The lowest BCUT2D eigenvalue weighted by molar-refractivity contribution is 0.0694. The highest BCUT2D eigenvalue weighted by molar-refractivity contribution is 5.86. The summed E-state index contributed by atoms with van der Waals surface area (Å²) in [4.78, 5) is 27.3. The Morgan fingerprint density at radius 1 is 1.62 bits per heavy atom. The Labute approximate surface area is 72.9 Å². The van der Waals surface area contributed by atoms with Crippen molar-refractivity contribution in [1.29, 1.82) is 0 Å². The van der Waals surface area contributed by atoms with E-state index in [2.05, 4.69) is 9.97 Å². The average molecular weight is 184 g/mol. The Kier molecular flexibility index (Phi) is 2.76. The molecule has 0 aliphatic carbocycles. The third-order valence-corrected chi connectivity index (χ3v) is 1.43. The topological polar surface area (TPSA) is 103 Å². The van der Waals surface area contributed by atoms with Crippen LogP contribution in [0.3, 0.4) is 0 Å². The monoisotopic (exact) mass is 184 g/mol. The molecule has 0 radical (unpaired) electrons. The maximum Gasteiger partial charge on any atom is 0.342 e. The molecule has 6 heteroatoms.